The van der Waals surface area contributed by atoms with Crippen molar-refractivity contribution < 1.29 is 4.79 Å². The molecule has 0 unspecified atom stereocenters. The molecule has 3 aromatic rings. The molecule has 1 fully saturated rings. The van der Waals surface area contributed by atoms with Crippen LogP contribution >= 0.6 is 0 Å². The number of fused-ring (bicyclic) bond motifs is 1. The lowest BCUT2D eigenvalue weighted by Crippen LogP contribution is -2.34. The smallest absolute Gasteiger partial charge is 0.274 e. The van der Waals surface area contributed by atoms with Crippen LogP contribution in [0.15, 0.2) is 30.3 Å². The van der Waals surface area contributed by atoms with Crippen molar-refractivity contribution in [2.24, 2.45) is 7.05 Å². The van der Waals surface area contributed by atoms with E-state index in [0.717, 1.165) is 48.3 Å². The lowest BCUT2D eigenvalue weighted by Gasteiger charge is -2.19. The van der Waals surface area contributed by atoms with Crippen LogP contribution in [-0.2, 0) is 7.05 Å². The molecule has 25 heavy (non-hydrogen) atoms. The number of hydrogen-bond acceptors (Lipinski definition) is 6. The molecule has 1 aromatic carbocycles. The van der Waals surface area contributed by atoms with Crippen LogP contribution < -0.4 is 5.32 Å². The van der Waals surface area contributed by atoms with E-state index in [1.165, 1.54) is 0 Å². The summed E-state index contributed by atoms with van der Waals surface area (Å²) in [5, 5.41) is 19.8. The fourth-order valence-electron chi connectivity index (χ4n) is 3.00. The molecule has 0 spiro atoms. The maximum atomic E-state index is 12.6. The number of carbonyl (C=O) groups is 1. The first-order chi connectivity index (χ1) is 12.2. The molecular weight excluding hydrogens is 318 g/mol. The normalized spacial score (nSPS) is 15.3. The van der Waals surface area contributed by atoms with Crippen molar-refractivity contribution in [2.75, 3.05) is 26.2 Å². The minimum absolute atomic E-state index is 0.0611. The molecule has 8 heteroatoms. The molecule has 0 bridgehead atoms. The third-order valence-corrected chi connectivity index (χ3v) is 4.42. The predicted molar refractivity (Wildman–Crippen MR) is 92.9 cm³/mol. The average molecular weight is 337 g/mol. The van der Waals surface area contributed by atoms with Gasteiger partial charge in [-0.2, -0.15) is 0 Å². The monoisotopic (exact) mass is 337 g/mol. The van der Waals surface area contributed by atoms with E-state index in [-0.39, 0.29) is 5.91 Å². The highest BCUT2D eigenvalue weighted by Gasteiger charge is 2.18. The summed E-state index contributed by atoms with van der Waals surface area (Å²) in [6, 6.07) is 9.39. The molecule has 0 aliphatic carbocycles. The molecule has 1 saturated heterocycles. The van der Waals surface area contributed by atoms with Gasteiger partial charge in [0.2, 0.25) is 0 Å². The van der Waals surface area contributed by atoms with Crippen molar-refractivity contribution in [3.8, 4) is 11.3 Å². The molecule has 2 aromatic heterocycles. The van der Waals surface area contributed by atoms with Crippen LogP contribution in [0, 0.1) is 0 Å². The molecule has 1 aliphatic rings. The summed E-state index contributed by atoms with van der Waals surface area (Å²) >= 11 is 0. The molecule has 1 N–H and O–H groups in total. The summed E-state index contributed by atoms with van der Waals surface area (Å²) in [4.78, 5) is 14.4. The van der Waals surface area contributed by atoms with E-state index >= 15 is 0 Å². The Kier molecular flexibility index (Phi) is 4.10. The molecule has 0 atom stereocenters. The molecule has 4 rings (SSSR count). The second kappa shape index (κ2) is 6.56. The van der Waals surface area contributed by atoms with Gasteiger partial charge in [-0.3, -0.25) is 4.79 Å². The van der Waals surface area contributed by atoms with Crippen molar-refractivity contribution in [1.29, 1.82) is 0 Å². The highest BCUT2D eigenvalue weighted by atomic mass is 16.2. The van der Waals surface area contributed by atoms with Crippen molar-refractivity contribution in [3.63, 3.8) is 0 Å². The SMILES string of the molecule is Cn1nnc2ccc(-c3ccc(C(=O)N4CCCNCC4)nn3)cc21. The Morgan fingerprint density at radius 2 is 2.00 bits per heavy atom. The number of nitrogens with zero attached hydrogens (tertiary/aromatic N) is 6. The topological polar surface area (TPSA) is 88.8 Å². The summed E-state index contributed by atoms with van der Waals surface area (Å²) in [7, 11) is 1.85. The predicted octanol–water partition coefficient (Wildman–Crippen LogP) is 0.861. The largest absolute Gasteiger partial charge is 0.336 e. The van der Waals surface area contributed by atoms with Gasteiger partial charge in [0.05, 0.1) is 11.2 Å². The van der Waals surface area contributed by atoms with Gasteiger partial charge in [-0.1, -0.05) is 11.3 Å². The van der Waals surface area contributed by atoms with Crippen LogP contribution in [0.25, 0.3) is 22.3 Å². The van der Waals surface area contributed by atoms with E-state index < -0.39 is 0 Å². The Labute approximate surface area is 144 Å². The van der Waals surface area contributed by atoms with E-state index in [1.54, 1.807) is 10.7 Å². The van der Waals surface area contributed by atoms with Gasteiger partial charge in [0.1, 0.15) is 5.52 Å². The first-order valence-corrected chi connectivity index (χ1v) is 8.36. The van der Waals surface area contributed by atoms with E-state index in [2.05, 4.69) is 25.8 Å². The Bertz CT molecular complexity index is 895. The average Bonchev–Trinajstić information content (AvgIpc) is 2.86. The number of aromatic nitrogens is 5. The Morgan fingerprint density at radius 1 is 1.08 bits per heavy atom. The van der Waals surface area contributed by atoms with Crippen LogP contribution in [-0.4, -0.2) is 62.2 Å². The van der Waals surface area contributed by atoms with Gasteiger partial charge in [0.25, 0.3) is 5.91 Å². The number of aryl methyl sites for hydroxylation is 1. The number of amides is 1. The van der Waals surface area contributed by atoms with Crippen molar-refractivity contribution >= 4 is 16.9 Å². The van der Waals surface area contributed by atoms with Gasteiger partial charge in [-0.05, 0) is 37.2 Å². The van der Waals surface area contributed by atoms with Crippen molar-refractivity contribution in [1.82, 2.24) is 35.4 Å². The summed E-state index contributed by atoms with van der Waals surface area (Å²) < 4.78 is 1.72. The summed E-state index contributed by atoms with van der Waals surface area (Å²) in [6.45, 7) is 3.21. The van der Waals surface area contributed by atoms with Crippen molar-refractivity contribution in [2.45, 2.75) is 6.42 Å². The van der Waals surface area contributed by atoms with Crippen LogP contribution in [0.2, 0.25) is 0 Å². The minimum atomic E-state index is -0.0611. The molecule has 0 radical (unpaired) electrons. The van der Waals surface area contributed by atoms with Crippen molar-refractivity contribution in [3.05, 3.63) is 36.0 Å². The van der Waals surface area contributed by atoms with Crippen LogP contribution in [0.4, 0.5) is 0 Å². The standard InChI is InChI=1S/C17H19N7O/c1-23-16-11-12(3-4-14(16)21-22-23)13-5-6-15(20-19-13)17(25)24-9-2-7-18-8-10-24/h3-6,11,18H,2,7-10H2,1H3. The van der Waals surface area contributed by atoms with E-state index in [9.17, 15) is 4.79 Å². The summed E-state index contributed by atoms with van der Waals surface area (Å²) in [5.74, 6) is -0.0611. The van der Waals surface area contributed by atoms with E-state index in [0.29, 0.717) is 12.2 Å². The van der Waals surface area contributed by atoms with Gasteiger partial charge in [-0.15, -0.1) is 15.3 Å². The molecule has 1 aliphatic heterocycles. The molecule has 3 heterocycles. The highest BCUT2D eigenvalue weighted by molar-refractivity contribution is 5.92. The first kappa shape index (κ1) is 15.6. The number of nitrogens with one attached hydrogen (secondary N) is 1. The Morgan fingerprint density at radius 3 is 2.84 bits per heavy atom. The van der Waals surface area contributed by atoms with Crippen LogP contribution in [0.3, 0.4) is 0 Å². The lowest BCUT2D eigenvalue weighted by molar-refractivity contribution is 0.0759. The molecule has 128 valence electrons. The number of hydrogen-bond donors (Lipinski definition) is 1. The fraction of sp³-hybridized carbons (Fsp3) is 0.353. The van der Waals surface area contributed by atoms with Gasteiger partial charge in [0.15, 0.2) is 5.69 Å². The van der Waals surface area contributed by atoms with Crippen LogP contribution in [0.5, 0.6) is 0 Å². The molecular formula is C17H19N7O. The molecule has 8 nitrogen and oxygen atoms in total. The fourth-order valence-corrected chi connectivity index (χ4v) is 3.00. The molecule has 0 saturated carbocycles. The van der Waals surface area contributed by atoms with Gasteiger partial charge >= 0.3 is 0 Å². The second-order valence-electron chi connectivity index (χ2n) is 6.12. The Balaban J connectivity index is 1.58. The maximum Gasteiger partial charge on any atom is 0.274 e. The lowest BCUT2D eigenvalue weighted by atomic mass is 10.1. The zero-order chi connectivity index (χ0) is 17.2. The van der Waals surface area contributed by atoms with Gasteiger partial charge in [0, 0.05) is 32.2 Å². The highest BCUT2D eigenvalue weighted by Crippen LogP contribution is 2.21. The quantitative estimate of drug-likeness (QED) is 0.746. The number of carbonyl (C=O) groups excluding carboxylic acids is 1. The van der Waals surface area contributed by atoms with E-state index in [4.69, 9.17) is 0 Å². The second-order valence-corrected chi connectivity index (χ2v) is 6.12. The Hall–Kier alpha value is -2.87. The van der Waals surface area contributed by atoms with Crippen LogP contribution in [0.1, 0.15) is 16.9 Å². The van der Waals surface area contributed by atoms with Gasteiger partial charge < -0.3 is 10.2 Å². The summed E-state index contributed by atoms with van der Waals surface area (Å²) in [5.41, 5.74) is 3.78. The maximum absolute atomic E-state index is 12.6. The zero-order valence-corrected chi connectivity index (χ0v) is 14.0. The third-order valence-electron chi connectivity index (χ3n) is 4.42. The summed E-state index contributed by atoms with van der Waals surface area (Å²) in [6.07, 6.45) is 0.954. The number of benzene rings is 1. The first-order valence-electron chi connectivity index (χ1n) is 8.36. The molecule has 1 amide bonds. The third kappa shape index (κ3) is 3.08. The van der Waals surface area contributed by atoms with Gasteiger partial charge in [-0.25, -0.2) is 4.68 Å². The van der Waals surface area contributed by atoms with E-state index in [1.807, 2.05) is 36.2 Å². The zero-order valence-electron chi connectivity index (χ0n) is 14.0. The number of rotatable bonds is 2. The minimum Gasteiger partial charge on any atom is -0.336 e.